The number of hydrogen-bond acceptors (Lipinski definition) is 4. The summed E-state index contributed by atoms with van der Waals surface area (Å²) in [4.78, 5) is 11.6. The lowest BCUT2D eigenvalue weighted by molar-refractivity contribution is -0.145. The molecule has 1 aliphatic carbocycles. The molecule has 1 rings (SSSR count). The maximum absolute atomic E-state index is 11.6. The van der Waals surface area contributed by atoms with E-state index < -0.39 is 0 Å². The molecule has 1 atom stereocenters. The van der Waals surface area contributed by atoms with Crippen molar-refractivity contribution in [2.45, 2.75) is 50.9 Å². The highest BCUT2D eigenvalue weighted by molar-refractivity contribution is 7.99. The van der Waals surface area contributed by atoms with Gasteiger partial charge in [-0.3, -0.25) is 4.79 Å². The Labute approximate surface area is 96.3 Å². The Morgan fingerprint density at radius 2 is 2.20 bits per heavy atom. The van der Waals surface area contributed by atoms with Gasteiger partial charge in [0.15, 0.2) is 0 Å². The van der Waals surface area contributed by atoms with Crippen LogP contribution in [0.25, 0.3) is 0 Å². The Balaban J connectivity index is 2.32. The average Bonchev–Trinajstić information content (AvgIpc) is 2.95. The van der Waals surface area contributed by atoms with Crippen LogP contribution in [0.1, 0.15) is 33.6 Å². The first kappa shape index (κ1) is 12.8. The summed E-state index contributed by atoms with van der Waals surface area (Å²) in [5.74, 6) is 0.713. The first-order chi connectivity index (χ1) is 7.13. The quantitative estimate of drug-likeness (QED) is 0.678. The molecule has 15 heavy (non-hydrogen) atoms. The zero-order valence-electron chi connectivity index (χ0n) is 9.79. The zero-order valence-corrected chi connectivity index (χ0v) is 10.6. The van der Waals surface area contributed by atoms with Gasteiger partial charge in [0, 0.05) is 11.8 Å². The molecule has 0 aromatic heterocycles. The third-order valence-electron chi connectivity index (χ3n) is 2.18. The lowest BCUT2D eigenvalue weighted by Crippen LogP contribution is -2.41. The van der Waals surface area contributed by atoms with Crippen LogP contribution in [-0.2, 0) is 9.53 Å². The molecule has 0 amide bonds. The number of thioether (sulfide) groups is 1. The molecule has 1 saturated carbocycles. The summed E-state index contributed by atoms with van der Waals surface area (Å²) in [7, 11) is 0. The molecule has 0 spiro atoms. The van der Waals surface area contributed by atoms with Crippen molar-refractivity contribution in [2.75, 3.05) is 12.4 Å². The highest BCUT2D eigenvalue weighted by Crippen LogP contribution is 2.21. The van der Waals surface area contributed by atoms with E-state index in [-0.39, 0.29) is 12.0 Å². The lowest BCUT2D eigenvalue weighted by Gasteiger charge is -2.17. The Kier molecular flexibility index (Phi) is 5.47. The summed E-state index contributed by atoms with van der Waals surface area (Å²) < 4.78 is 5.05. The maximum Gasteiger partial charge on any atom is 0.323 e. The van der Waals surface area contributed by atoms with Crippen LogP contribution in [0.3, 0.4) is 0 Å². The third kappa shape index (κ3) is 5.42. The van der Waals surface area contributed by atoms with Crippen molar-refractivity contribution in [3.63, 3.8) is 0 Å². The molecular weight excluding hydrogens is 210 g/mol. The molecule has 1 fully saturated rings. The summed E-state index contributed by atoms with van der Waals surface area (Å²) >= 11 is 1.80. The molecule has 1 N–H and O–H groups in total. The number of rotatable bonds is 7. The topological polar surface area (TPSA) is 38.3 Å². The van der Waals surface area contributed by atoms with Gasteiger partial charge in [0.05, 0.1) is 6.61 Å². The molecule has 3 nitrogen and oxygen atoms in total. The second-order valence-electron chi connectivity index (χ2n) is 4.13. The van der Waals surface area contributed by atoms with Gasteiger partial charge in [-0.05, 0) is 25.0 Å². The molecule has 1 aliphatic rings. The smallest absolute Gasteiger partial charge is 0.323 e. The van der Waals surface area contributed by atoms with Crippen LogP contribution in [0.15, 0.2) is 0 Å². The van der Waals surface area contributed by atoms with Crippen molar-refractivity contribution in [3.05, 3.63) is 0 Å². The summed E-state index contributed by atoms with van der Waals surface area (Å²) in [6.45, 7) is 6.60. The van der Waals surface area contributed by atoms with E-state index in [1.807, 2.05) is 6.92 Å². The SMILES string of the molecule is CCOC(=O)C(CSC(C)C)NC1CC1. The van der Waals surface area contributed by atoms with E-state index in [4.69, 9.17) is 4.74 Å². The minimum absolute atomic E-state index is 0.0995. The Bertz CT molecular complexity index is 205. The van der Waals surface area contributed by atoms with Crippen LogP contribution in [0.5, 0.6) is 0 Å². The molecule has 1 unspecified atom stereocenters. The molecule has 0 bridgehead atoms. The number of esters is 1. The first-order valence-corrected chi connectivity index (χ1v) is 6.72. The fourth-order valence-corrected chi connectivity index (χ4v) is 2.06. The van der Waals surface area contributed by atoms with Gasteiger partial charge in [0.2, 0.25) is 0 Å². The molecule has 0 heterocycles. The predicted molar refractivity (Wildman–Crippen MR) is 64.2 cm³/mol. The van der Waals surface area contributed by atoms with Crippen LogP contribution >= 0.6 is 11.8 Å². The van der Waals surface area contributed by atoms with Gasteiger partial charge < -0.3 is 10.1 Å². The normalized spacial score (nSPS) is 17.9. The van der Waals surface area contributed by atoms with Crippen molar-refractivity contribution in [1.82, 2.24) is 5.32 Å². The minimum Gasteiger partial charge on any atom is -0.465 e. The van der Waals surface area contributed by atoms with E-state index in [2.05, 4.69) is 19.2 Å². The number of ether oxygens (including phenoxy) is 1. The fourth-order valence-electron chi connectivity index (χ4n) is 1.25. The second kappa shape index (κ2) is 6.38. The lowest BCUT2D eigenvalue weighted by atomic mass is 10.3. The van der Waals surface area contributed by atoms with Gasteiger partial charge in [0.25, 0.3) is 0 Å². The van der Waals surface area contributed by atoms with Gasteiger partial charge in [-0.15, -0.1) is 0 Å². The zero-order chi connectivity index (χ0) is 11.3. The standard InChI is InChI=1S/C11H21NO2S/c1-4-14-11(13)10(7-15-8(2)3)12-9-5-6-9/h8-10,12H,4-7H2,1-3H3. The molecular formula is C11H21NO2S. The van der Waals surface area contributed by atoms with Crippen molar-refractivity contribution in [3.8, 4) is 0 Å². The molecule has 0 aromatic carbocycles. The van der Waals surface area contributed by atoms with Crippen LogP contribution in [0, 0.1) is 0 Å². The van der Waals surface area contributed by atoms with E-state index in [1.165, 1.54) is 12.8 Å². The van der Waals surface area contributed by atoms with Gasteiger partial charge in [-0.2, -0.15) is 11.8 Å². The predicted octanol–water partition coefficient (Wildman–Crippen LogP) is 1.81. The van der Waals surface area contributed by atoms with Gasteiger partial charge in [-0.25, -0.2) is 0 Å². The first-order valence-electron chi connectivity index (χ1n) is 5.67. The van der Waals surface area contributed by atoms with E-state index >= 15 is 0 Å². The average molecular weight is 231 g/mol. The van der Waals surface area contributed by atoms with Crippen LogP contribution in [-0.4, -0.2) is 35.7 Å². The molecule has 4 heteroatoms. The number of hydrogen-bond donors (Lipinski definition) is 1. The summed E-state index contributed by atoms with van der Waals surface area (Å²) in [6.07, 6.45) is 2.39. The Hall–Kier alpha value is -0.220. The van der Waals surface area contributed by atoms with Gasteiger partial charge in [-0.1, -0.05) is 13.8 Å². The second-order valence-corrected chi connectivity index (χ2v) is 5.74. The van der Waals surface area contributed by atoms with Crippen molar-refractivity contribution < 1.29 is 9.53 Å². The minimum atomic E-state index is -0.121. The van der Waals surface area contributed by atoms with E-state index in [9.17, 15) is 4.79 Å². The highest BCUT2D eigenvalue weighted by atomic mass is 32.2. The Morgan fingerprint density at radius 1 is 1.53 bits per heavy atom. The van der Waals surface area contributed by atoms with Gasteiger partial charge >= 0.3 is 5.97 Å². The Morgan fingerprint density at radius 3 is 2.67 bits per heavy atom. The van der Waals surface area contributed by atoms with Crippen molar-refractivity contribution in [1.29, 1.82) is 0 Å². The number of carbonyl (C=O) groups excluding carboxylic acids is 1. The fraction of sp³-hybridized carbons (Fsp3) is 0.909. The van der Waals surface area contributed by atoms with Crippen molar-refractivity contribution in [2.24, 2.45) is 0 Å². The summed E-state index contributed by atoms with van der Waals surface area (Å²) in [6, 6.07) is 0.428. The van der Waals surface area contributed by atoms with Crippen LogP contribution < -0.4 is 5.32 Å². The summed E-state index contributed by atoms with van der Waals surface area (Å²) in [5.41, 5.74) is 0. The molecule has 0 radical (unpaired) electrons. The monoisotopic (exact) mass is 231 g/mol. The number of carbonyl (C=O) groups is 1. The van der Waals surface area contributed by atoms with E-state index in [1.54, 1.807) is 11.8 Å². The molecule has 0 aliphatic heterocycles. The molecule has 88 valence electrons. The largest absolute Gasteiger partial charge is 0.465 e. The van der Waals surface area contributed by atoms with E-state index in [0.717, 1.165) is 5.75 Å². The van der Waals surface area contributed by atoms with Crippen molar-refractivity contribution >= 4 is 17.7 Å². The third-order valence-corrected chi connectivity index (χ3v) is 3.37. The van der Waals surface area contributed by atoms with Crippen LogP contribution in [0.4, 0.5) is 0 Å². The molecule has 0 saturated heterocycles. The molecule has 0 aromatic rings. The van der Waals surface area contributed by atoms with E-state index in [0.29, 0.717) is 17.9 Å². The summed E-state index contributed by atoms with van der Waals surface area (Å²) in [5, 5.41) is 3.89. The highest BCUT2D eigenvalue weighted by Gasteiger charge is 2.29. The maximum atomic E-state index is 11.6. The van der Waals surface area contributed by atoms with Crippen LogP contribution in [0.2, 0.25) is 0 Å². The number of nitrogens with one attached hydrogen (secondary N) is 1. The van der Waals surface area contributed by atoms with Gasteiger partial charge in [0.1, 0.15) is 6.04 Å².